The van der Waals surface area contributed by atoms with Crippen LogP contribution < -0.4 is 11.1 Å². The molecule has 5 nitrogen and oxygen atoms in total. The Balaban J connectivity index is 1.74. The Bertz CT molecular complexity index is 421. The van der Waals surface area contributed by atoms with Crippen molar-refractivity contribution in [2.24, 2.45) is 5.73 Å². The summed E-state index contributed by atoms with van der Waals surface area (Å²) in [7, 11) is 0. The second-order valence-electron chi connectivity index (χ2n) is 4.68. The highest BCUT2D eigenvalue weighted by molar-refractivity contribution is 7.80. The van der Waals surface area contributed by atoms with E-state index in [4.69, 9.17) is 22.7 Å². The molecule has 1 heterocycles. The summed E-state index contributed by atoms with van der Waals surface area (Å²) in [6, 6.07) is 0. The first-order valence-electron chi connectivity index (χ1n) is 6.73. The third-order valence-electron chi connectivity index (χ3n) is 3.23. The zero-order chi connectivity index (χ0) is 13.5. The van der Waals surface area contributed by atoms with E-state index in [-0.39, 0.29) is 4.99 Å². The van der Waals surface area contributed by atoms with E-state index in [2.05, 4.69) is 15.3 Å². The molecule has 0 amide bonds. The molecule has 1 aliphatic carbocycles. The smallest absolute Gasteiger partial charge is 0.155 e. The molecule has 0 aromatic carbocycles. The summed E-state index contributed by atoms with van der Waals surface area (Å²) in [4.78, 5) is 8.56. The number of nitrogens with zero attached hydrogens (tertiary/aromatic N) is 2. The monoisotopic (exact) mass is 280 g/mol. The van der Waals surface area contributed by atoms with Gasteiger partial charge in [-0.05, 0) is 12.8 Å². The third kappa shape index (κ3) is 4.40. The zero-order valence-electron chi connectivity index (χ0n) is 11.0. The first kappa shape index (κ1) is 14.1. The molecule has 0 atom stereocenters. The van der Waals surface area contributed by atoms with E-state index in [1.165, 1.54) is 32.1 Å². The normalized spacial score (nSPS) is 16.2. The van der Waals surface area contributed by atoms with E-state index in [0.29, 0.717) is 30.8 Å². The molecule has 0 bridgehead atoms. The molecule has 6 heteroatoms. The molecular weight excluding hydrogens is 260 g/mol. The van der Waals surface area contributed by atoms with Crippen LogP contribution in [0, 0.1) is 0 Å². The van der Waals surface area contributed by atoms with Crippen LogP contribution >= 0.6 is 12.2 Å². The number of rotatable bonds is 6. The van der Waals surface area contributed by atoms with E-state index in [1.807, 2.05) is 0 Å². The Hall–Kier alpha value is -1.27. The molecule has 1 aliphatic rings. The maximum absolute atomic E-state index is 5.83. The van der Waals surface area contributed by atoms with Crippen LogP contribution in [0.2, 0.25) is 0 Å². The molecule has 104 valence electrons. The second kappa shape index (κ2) is 7.35. The van der Waals surface area contributed by atoms with Crippen molar-refractivity contribution >= 4 is 23.0 Å². The van der Waals surface area contributed by atoms with Crippen LogP contribution in [0.3, 0.4) is 0 Å². The lowest BCUT2D eigenvalue weighted by atomic mass is 9.98. The van der Waals surface area contributed by atoms with Crippen LogP contribution in [-0.2, 0) is 4.74 Å². The van der Waals surface area contributed by atoms with Crippen molar-refractivity contribution in [2.75, 3.05) is 18.5 Å². The van der Waals surface area contributed by atoms with Crippen molar-refractivity contribution in [3.63, 3.8) is 0 Å². The maximum Gasteiger partial charge on any atom is 0.155 e. The number of aromatic nitrogens is 2. The Morgan fingerprint density at radius 1 is 1.32 bits per heavy atom. The largest absolute Gasteiger partial charge is 0.388 e. The molecule has 0 unspecified atom stereocenters. The summed E-state index contributed by atoms with van der Waals surface area (Å²) in [5, 5.41) is 3.17. The van der Waals surface area contributed by atoms with Gasteiger partial charge in [0, 0.05) is 18.9 Å². The summed E-state index contributed by atoms with van der Waals surface area (Å²) in [5.41, 5.74) is 6.13. The van der Waals surface area contributed by atoms with Gasteiger partial charge >= 0.3 is 0 Å². The zero-order valence-corrected chi connectivity index (χ0v) is 11.8. The van der Waals surface area contributed by atoms with Gasteiger partial charge in [0.1, 0.15) is 10.7 Å². The van der Waals surface area contributed by atoms with Crippen molar-refractivity contribution in [2.45, 2.75) is 38.2 Å². The lowest BCUT2D eigenvalue weighted by Crippen LogP contribution is -2.22. The number of nitrogens with two attached hydrogens (primary N) is 1. The molecule has 2 rings (SSSR count). The SMILES string of the molecule is NC(=S)c1nccnc1NCCOC1CCCCC1. The predicted molar refractivity (Wildman–Crippen MR) is 79.2 cm³/mol. The van der Waals surface area contributed by atoms with Crippen molar-refractivity contribution < 1.29 is 4.74 Å². The van der Waals surface area contributed by atoms with E-state index >= 15 is 0 Å². The summed E-state index contributed by atoms with van der Waals surface area (Å²) in [6.07, 6.45) is 9.90. The lowest BCUT2D eigenvalue weighted by molar-refractivity contribution is 0.0347. The van der Waals surface area contributed by atoms with E-state index in [9.17, 15) is 0 Å². The minimum atomic E-state index is 0.254. The molecule has 1 fully saturated rings. The van der Waals surface area contributed by atoms with Crippen LogP contribution in [0.4, 0.5) is 5.82 Å². The molecular formula is C13H20N4OS. The standard InChI is InChI=1S/C13H20N4OS/c14-12(19)11-13(16-7-6-15-11)17-8-9-18-10-4-2-1-3-5-10/h6-7,10H,1-5,8-9H2,(H2,14,19)(H,16,17). The molecule has 1 aromatic rings. The molecule has 1 aromatic heterocycles. The van der Waals surface area contributed by atoms with Gasteiger partial charge < -0.3 is 15.8 Å². The van der Waals surface area contributed by atoms with E-state index in [0.717, 1.165) is 0 Å². The third-order valence-corrected chi connectivity index (χ3v) is 3.43. The molecule has 0 saturated heterocycles. The number of hydrogen-bond acceptors (Lipinski definition) is 5. The van der Waals surface area contributed by atoms with Gasteiger partial charge in [-0.3, -0.25) is 0 Å². The number of hydrogen-bond donors (Lipinski definition) is 2. The molecule has 1 saturated carbocycles. The molecule has 0 aliphatic heterocycles. The van der Waals surface area contributed by atoms with Gasteiger partial charge in [-0.25, -0.2) is 9.97 Å². The van der Waals surface area contributed by atoms with Crippen LogP contribution in [-0.4, -0.2) is 34.2 Å². The summed E-state index contributed by atoms with van der Waals surface area (Å²) in [5.74, 6) is 0.627. The van der Waals surface area contributed by atoms with Crippen molar-refractivity contribution in [1.82, 2.24) is 9.97 Å². The maximum atomic E-state index is 5.83. The Morgan fingerprint density at radius 3 is 2.79 bits per heavy atom. The summed E-state index contributed by atoms with van der Waals surface area (Å²) in [6.45, 7) is 1.35. The fraction of sp³-hybridized carbons (Fsp3) is 0.615. The number of thiocarbonyl (C=S) groups is 1. The van der Waals surface area contributed by atoms with Gasteiger partial charge in [-0.2, -0.15) is 0 Å². The van der Waals surface area contributed by atoms with Crippen LogP contribution in [0.15, 0.2) is 12.4 Å². The van der Waals surface area contributed by atoms with E-state index < -0.39 is 0 Å². The van der Waals surface area contributed by atoms with Crippen molar-refractivity contribution in [3.05, 3.63) is 18.1 Å². The van der Waals surface area contributed by atoms with Gasteiger partial charge in [0.25, 0.3) is 0 Å². The molecule has 0 spiro atoms. The predicted octanol–water partition coefficient (Wildman–Crippen LogP) is 1.87. The second-order valence-corrected chi connectivity index (χ2v) is 5.12. The molecule has 19 heavy (non-hydrogen) atoms. The number of ether oxygens (including phenoxy) is 1. The number of nitrogens with one attached hydrogen (secondary N) is 1. The van der Waals surface area contributed by atoms with Crippen LogP contribution in [0.1, 0.15) is 37.8 Å². The fourth-order valence-corrected chi connectivity index (χ4v) is 2.42. The van der Waals surface area contributed by atoms with Gasteiger partial charge in [0.05, 0.1) is 12.7 Å². The Morgan fingerprint density at radius 2 is 2.05 bits per heavy atom. The molecule has 0 radical (unpaired) electrons. The van der Waals surface area contributed by atoms with Crippen molar-refractivity contribution in [3.8, 4) is 0 Å². The average Bonchev–Trinajstić information content (AvgIpc) is 2.45. The minimum absolute atomic E-state index is 0.254. The highest BCUT2D eigenvalue weighted by atomic mass is 32.1. The number of anilines is 1. The average molecular weight is 280 g/mol. The van der Waals surface area contributed by atoms with Gasteiger partial charge in [-0.1, -0.05) is 31.5 Å². The lowest BCUT2D eigenvalue weighted by Gasteiger charge is -2.22. The van der Waals surface area contributed by atoms with Crippen LogP contribution in [0.5, 0.6) is 0 Å². The molecule has 3 N–H and O–H groups in total. The first-order chi connectivity index (χ1) is 9.27. The topological polar surface area (TPSA) is 73.1 Å². The van der Waals surface area contributed by atoms with E-state index in [1.54, 1.807) is 12.4 Å². The van der Waals surface area contributed by atoms with Gasteiger partial charge in [0.15, 0.2) is 5.82 Å². The van der Waals surface area contributed by atoms with Crippen molar-refractivity contribution in [1.29, 1.82) is 0 Å². The van der Waals surface area contributed by atoms with Gasteiger partial charge in [-0.15, -0.1) is 0 Å². The first-order valence-corrected chi connectivity index (χ1v) is 7.14. The summed E-state index contributed by atoms with van der Waals surface area (Å²) >= 11 is 4.93. The highest BCUT2D eigenvalue weighted by Gasteiger charge is 2.13. The van der Waals surface area contributed by atoms with Gasteiger partial charge in [0.2, 0.25) is 0 Å². The highest BCUT2D eigenvalue weighted by Crippen LogP contribution is 2.20. The summed E-state index contributed by atoms with van der Waals surface area (Å²) < 4.78 is 5.83. The minimum Gasteiger partial charge on any atom is -0.388 e. The quantitative estimate of drug-likeness (QED) is 0.612. The Kier molecular flexibility index (Phi) is 5.47. The fourth-order valence-electron chi connectivity index (χ4n) is 2.27. The van der Waals surface area contributed by atoms with Crippen LogP contribution in [0.25, 0.3) is 0 Å². The Labute approximate surface area is 119 Å².